The van der Waals surface area contributed by atoms with Gasteiger partial charge in [0.15, 0.2) is 0 Å². The molecule has 1 aromatic carbocycles. The molecule has 2 rings (SSSR count). The summed E-state index contributed by atoms with van der Waals surface area (Å²) >= 11 is 1.67. The lowest BCUT2D eigenvalue weighted by atomic mass is 9.88. The molecule has 0 saturated heterocycles. The van der Waals surface area contributed by atoms with Crippen molar-refractivity contribution in [3.05, 3.63) is 50.5 Å². The molecule has 0 bridgehead atoms. The van der Waals surface area contributed by atoms with Crippen LogP contribution < -0.4 is 0 Å². The topological polar surface area (TPSA) is 33.1 Å². The van der Waals surface area contributed by atoms with Crippen molar-refractivity contribution >= 4 is 11.3 Å². The third-order valence-electron chi connectivity index (χ3n) is 3.54. The van der Waals surface area contributed by atoms with Gasteiger partial charge < -0.3 is 5.11 Å². The van der Waals surface area contributed by atoms with Crippen molar-refractivity contribution in [1.29, 1.82) is 0 Å². The highest BCUT2D eigenvalue weighted by Gasteiger charge is 2.27. The Bertz CT molecular complexity index is 579. The molecule has 0 aliphatic heterocycles. The molecule has 3 heteroatoms. The van der Waals surface area contributed by atoms with Crippen molar-refractivity contribution in [3.8, 4) is 0 Å². The van der Waals surface area contributed by atoms with Crippen molar-refractivity contribution in [2.45, 2.75) is 46.6 Å². The second-order valence-electron chi connectivity index (χ2n) is 5.52. The Morgan fingerprint density at radius 3 is 2.47 bits per heavy atom. The van der Waals surface area contributed by atoms with E-state index in [0.29, 0.717) is 6.42 Å². The summed E-state index contributed by atoms with van der Waals surface area (Å²) in [5.74, 6) is 0. The molecule has 0 amide bonds. The summed E-state index contributed by atoms with van der Waals surface area (Å²) in [7, 11) is 0. The number of hydrogen-bond donors (Lipinski definition) is 1. The summed E-state index contributed by atoms with van der Waals surface area (Å²) in [4.78, 5) is 5.76. The molecule has 1 unspecified atom stereocenters. The van der Waals surface area contributed by atoms with Crippen LogP contribution in [0.1, 0.15) is 39.2 Å². The van der Waals surface area contributed by atoms with Gasteiger partial charge in [-0.05, 0) is 45.7 Å². The van der Waals surface area contributed by atoms with Crippen LogP contribution >= 0.6 is 11.3 Å². The van der Waals surface area contributed by atoms with Gasteiger partial charge in [-0.1, -0.05) is 23.8 Å². The van der Waals surface area contributed by atoms with Crippen molar-refractivity contribution in [3.63, 3.8) is 0 Å². The molecule has 19 heavy (non-hydrogen) atoms. The zero-order valence-electron chi connectivity index (χ0n) is 12.2. The van der Waals surface area contributed by atoms with Gasteiger partial charge in [0.25, 0.3) is 0 Å². The highest BCUT2D eigenvalue weighted by molar-refractivity contribution is 7.11. The van der Waals surface area contributed by atoms with E-state index in [-0.39, 0.29) is 0 Å². The normalized spacial score (nSPS) is 14.4. The maximum Gasteiger partial charge on any atom is 0.0962 e. The number of aliphatic hydroxyl groups is 1. The minimum atomic E-state index is -0.868. The van der Waals surface area contributed by atoms with Crippen LogP contribution in [-0.2, 0) is 12.0 Å². The molecule has 1 N–H and O–H groups in total. The minimum Gasteiger partial charge on any atom is -0.385 e. The fourth-order valence-corrected chi connectivity index (χ4v) is 3.40. The quantitative estimate of drug-likeness (QED) is 0.923. The molecule has 2 nitrogen and oxygen atoms in total. The van der Waals surface area contributed by atoms with Gasteiger partial charge in [-0.25, -0.2) is 4.98 Å². The molecule has 1 aromatic heterocycles. The maximum absolute atomic E-state index is 10.8. The molecule has 0 aliphatic carbocycles. The fourth-order valence-electron chi connectivity index (χ4n) is 2.32. The van der Waals surface area contributed by atoms with Crippen LogP contribution in [0.15, 0.2) is 18.2 Å². The number of aryl methyl sites for hydroxylation is 4. The minimum absolute atomic E-state index is 0.566. The van der Waals surface area contributed by atoms with E-state index in [2.05, 4.69) is 37.0 Å². The number of rotatable bonds is 3. The van der Waals surface area contributed by atoms with Crippen LogP contribution in [0.25, 0.3) is 0 Å². The smallest absolute Gasteiger partial charge is 0.0962 e. The molecule has 0 radical (unpaired) electrons. The molecular formula is C16H21NOS. The first-order valence-corrected chi connectivity index (χ1v) is 7.34. The average Bonchev–Trinajstić information content (AvgIpc) is 2.60. The van der Waals surface area contributed by atoms with Crippen molar-refractivity contribution in [1.82, 2.24) is 4.98 Å². The van der Waals surface area contributed by atoms with Gasteiger partial charge in [0, 0.05) is 11.3 Å². The highest BCUT2D eigenvalue weighted by Crippen LogP contribution is 2.30. The fraction of sp³-hybridized carbons (Fsp3) is 0.438. The molecule has 0 fully saturated rings. The summed E-state index contributed by atoms with van der Waals surface area (Å²) in [5.41, 5.74) is 3.50. The third kappa shape index (κ3) is 3.04. The van der Waals surface area contributed by atoms with Crippen LogP contribution in [0.4, 0.5) is 0 Å². The number of thiazole rings is 1. The van der Waals surface area contributed by atoms with Crippen LogP contribution in [0, 0.1) is 27.7 Å². The molecule has 0 spiro atoms. The summed E-state index contributed by atoms with van der Waals surface area (Å²) in [5, 5.41) is 11.8. The first-order valence-electron chi connectivity index (χ1n) is 6.52. The van der Waals surface area contributed by atoms with E-state index < -0.39 is 5.60 Å². The van der Waals surface area contributed by atoms with E-state index in [1.807, 2.05) is 20.8 Å². The average molecular weight is 275 g/mol. The predicted molar refractivity (Wildman–Crippen MR) is 80.8 cm³/mol. The zero-order chi connectivity index (χ0) is 14.2. The molecule has 1 atom stereocenters. The Morgan fingerprint density at radius 2 is 1.89 bits per heavy atom. The van der Waals surface area contributed by atoms with Crippen LogP contribution in [0.2, 0.25) is 0 Å². The highest BCUT2D eigenvalue weighted by atomic mass is 32.1. The molecule has 2 aromatic rings. The van der Waals surface area contributed by atoms with Crippen molar-refractivity contribution in [2.24, 2.45) is 0 Å². The SMILES string of the molecule is Cc1ccc(C)c(C(C)(O)Cc2nc(C)c(C)s2)c1. The van der Waals surface area contributed by atoms with Gasteiger partial charge in [0.2, 0.25) is 0 Å². The molecular weight excluding hydrogens is 254 g/mol. The Morgan fingerprint density at radius 1 is 1.21 bits per heavy atom. The zero-order valence-corrected chi connectivity index (χ0v) is 13.1. The second-order valence-corrected chi connectivity index (χ2v) is 6.81. The maximum atomic E-state index is 10.8. The lowest BCUT2D eigenvalue weighted by molar-refractivity contribution is 0.0568. The lowest BCUT2D eigenvalue weighted by Crippen LogP contribution is -2.25. The summed E-state index contributed by atoms with van der Waals surface area (Å²) in [6.07, 6.45) is 0.566. The van der Waals surface area contributed by atoms with Gasteiger partial charge in [0.05, 0.1) is 16.3 Å². The molecule has 0 aliphatic rings. The lowest BCUT2D eigenvalue weighted by Gasteiger charge is -2.25. The standard InChI is InChI=1S/C16H21NOS/c1-10-6-7-11(2)14(8-10)16(5,18)9-15-17-12(3)13(4)19-15/h6-8,18H,9H2,1-5H3. The first kappa shape index (κ1) is 14.2. The van der Waals surface area contributed by atoms with Gasteiger partial charge in [-0.15, -0.1) is 11.3 Å². The van der Waals surface area contributed by atoms with Gasteiger partial charge in [-0.2, -0.15) is 0 Å². The van der Waals surface area contributed by atoms with Gasteiger partial charge in [0.1, 0.15) is 0 Å². The Hall–Kier alpha value is -1.19. The summed E-state index contributed by atoms with van der Waals surface area (Å²) in [6, 6.07) is 6.22. The van der Waals surface area contributed by atoms with E-state index in [1.54, 1.807) is 11.3 Å². The van der Waals surface area contributed by atoms with Gasteiger partial charge in [-0.3, -0.25) is 0 Å². The Balaban J connectivity index is 2.33. The number of aromatic nitrogens is 1. The number of benzene rings is 1. The Labute approximate surface area is 119 Å². The van der Waals surface area contributed by atoms with E-state index in [9.17, 15) is 5.11 Å². The van der Waals surface area contributed by atoms with E-state index in [0.717, 1.165) is 21.8 Å². The molecule has 102 valence electrons. The first-order chi connectivity index (χ1) is 8.79. The number of nitrogens with zero attached hydrogens (tertiary/aromatic N) is 1. The van der Waals surface area contributed by atoms with Crippen molar-refractivity contribution in [2.75, 3.05) is 0 Å². The van der Waals surface area contributed by atoms with E-state index in [4.69, 9.17) is 0 Å². The van der Waals surface area contributed by atoms with Crippen molar-refractivity contribution < 1.29 is 5.11 Å². The Kier molecular flexibility index (Phi) is 3.79. The summed E-state index contributed by atoms with van der Waals surface area (Å²) in [6.45, 7) is 10.1. The van der Waals surface area contributed by atoms with Crippen LogP contribution in [0.5, 0.6) is 0 Å². The summed E-state index contributed by atoms with van der Waals surface area (Å²) < 4.78 is 0. The number of hydrogen-bond acceptors (Lipinski definition) is 3. The van der Waals surface area contributed by atoms with E-state index in [1.165, 1.54) is 10.4 Å². The van der Waals surface area contributed by atoms with Crippen LogP contribution in [0.3, 0.4) is 0 Å². The monoisotopic (exact) mass is 275 g/mol. The molecule has 0 saturated carbocycles. The largest absolute Gasteiger partial charge is 0.385 e. The molecule has 1 heterocycles. The van der Waals surface area contributed by atoms with Gasteiger partial charge >= 0.3 is 0 Å². The predicted octanol–water partition coefficient (Wildman–Crippen LogP) is 3.83. The van der Waals surface area contributed by atoms with E-state index >= 15 is 0 Å². The third-order valence-corrected chi connectivity index (χ3v) is 4.61. The van der Waals surface area contributed by atoms with Crippen LogP contribution in [-0.4, -0.2) is 10.1 Å². The second kappa shape index (κ2) is 5.06.